The molecular weight excluding hydrogens is 320 g/mol. The van der Waals surface area contributed by atoms with Gasteiger partial charge >= 0.3 is 0 Å². The zero-order chi connectivity index (χ0) is 15.9. The number of hydrogen-bond acceptors (Lipinski definition) is 16. The zero-order valence-corrected chi connectivity index (χ0v) is 11.3. The van der Waals surface area contributed by atoms with Gasteiger partial charge in [-0.3, -0.25) is 10.9 Å². The highest BCUT2D eigenvalue weighted by atomic mass is 15.5. The Kier molecular flexibility index (Phi) is 2.38. The smallest absolute Gasteiger partial charge is 0.265 e. The Morgan fingerprint density at radius 1 is 0.333 bits per heavy atom. The SMILES string of the molecule is N1=NC2=NC3=NC(=NC4=NC(=NC5=NC(=NC1=N2)N=N5)NN4)N=N3. The fourth-order valence-corrected chi connectivity index (χ4v) is 1.70. The van der Waals surface area contributed by atoms with Gasteiger partial charge in [-0.25, -0.2) is 0 Å². The standard InChI is InChI=1S/C8H2N16/c9-1-13-3-10-4(20-19-3)15-7-12-8(24-23-7)16-6-11-5(21-22-6)14-2(9)18-17-1/h(H2,9,10,11,12,13,14,15,16,17,18,19,20,21,22,23,24). The molecule has 0 aliphatic carbocycles. The second kappa shape index (κ2) is 4.63. The maximum atomic E-state index is 4.06. The second-order valence-electron chi connectivity index (χ2n) is 4.19. The third-order valence-corrected chi connectivity index (χ3v) is 2.60. The number of fused-ring (bicyclic) bond motifs is 4. The fourth-order valence-electron chi connectivity index (χ4n) is 1.70. The van der Waals surface area contributed by atoms with E-state index in [1.54, 1.807) is 0 Å². The minimum atomic E-state index is 0.0119. The number of hydrazine groups is 1. The number of azo groups is 3. The summed E-state index contributed by atoms with van der Waals surface area (Å²) >= 11 is 0. The molecule has 16 nitrogen and oxygen atoms in total. The predicted molar refractivity (Wildman–Crippen MR) is 80.3 cm³/mol. The molecule has 2 N–H and O–H groups in total. The number of hydrogen-bond donors (Lipinski definition) is 2. The number of aliphatic imine (C=N–C) groups is 8. The Hall–Kier alpha value is -4.24. The van der Waals surface area contributed by atoms with Crippen LogP contribution in [0.15, 0.2) is 70.6 Å². The first-order valence-corrected chi connectivity index (χ1v) is 6.27. The molecule has 5 rings (SSSR count). The van der Waals surface area contributed by atoms with Gasteiger partial charge in [0.2, 0.25) is 11.9 Å². The quantitative estimate of drug-likeness (QED) is 0.598. The Bertz CT molecular complexity index is 989. The average Bonchev–Trinajstić information content (AvgIpc) is 3.32. The number of nitrogens with zero attached hydrogens (tertiary/aromatic N) is 14. The van der Waals surface area contributed by atoms with Gasteiger partial charge in [-0.2, -0.15) is 39.9 Å². The van der Waals surface area contributed by atoms with Crippen molar-refractivity contribution in [2.75, 3.05) is 0 Å². The molecule has 0 amide bonds. The second-order valence-corrected chi connectivity index (χ2v) is 4.19. The van der Waals surface area contributed by atoms with Crippen LogP contribution >= 0.6 is 0 Å². The molecule has 5 aliphatic heterocycles. The third kappa shape index (κ3) is 2.19. The number of rotatable bonds is 0. The average molecular weight is 322 g/mol. The van der Waals surface area contributed by atoms with Crippen LogP contribution in [0.3, 0.4) is 0 Å². The van der Waals surface area contributed by atoms with Crippen LogP contribution in [0, 0.1) is 0 Å². The summed E-state index contributed by atoms with van der Waals surface area (Å²) in [5.41, 5.74) is 5.36. The third-order valence-electron chi connectivity index (χ3n) is 2.60. The van der Waals surface area contributed by atoms with Gasteiger partial charge < -0.3 is 0 Å². The Morgan fingerprint density at radius 2 is 0.667 bits per heavy atom. The zero-order valence-electron chi connectivity index (χ0n) is 11.3. The molecule has 0 aromatic rings. The van der Waals surface area contributed by atoms with E-state index in [-0.39, 0.29) is 47.7 Å². The van der Waals surface area contributed by atoms with Crippen molar-refractivity contribution in [3.63, 3.8) is 0 Å². The lowest BCUT2D eigenvalue weighted by Crippen LogP contribution is -2.32. The molecular formula is C8H2N16. The summed E-state index contributed by atoms with van der Waals surface area (Å²) in [6.07, 6.45) is 0. The first-order chi connectivity index (χ1) is 11.8. The lowest BCUT2D eigenvalue weighted by Gasteiger charge is -1.93. The van der Waals surface area contributed by atoms with Crippen LogP contribution in [0.1, 0.15) is 0 Å². The lowest BCUT2D eigenvalue weighted by molar-refractivity contribution is 0.889. The van der Waals surface area contributed by atoms with E-state index in [0.29, 0.717) is 0 Å². The largest absolute Gasteiger partial charge is 0.275 e. The molecule has 5 heterocycles. The van der Waals surface area contributed by atoms with Crippen molar-refractivity contribution < 1.29 is 0 Å². The van der Waals surface area contributed by atoms with E-state index in [9.17, 15) is 0 Å². The van der Waals surface area contributed by atoms with Gasteiger partial charge in [0.15, 0.2) is 0 Å². The molecule has 0 fully saturated rings. The Balaban J connectivity index is 1.64. The molecule has 0 saturated carbocycles. The van der Waals surface area contributed by atoms with Gasteiger partial charge in [-0.1, -0.05) is 0 Å². The molecule has 0 aromatic carbocycles. The number of nitrogens with one attached hydrogen (secondary N) is 2. The summed E-state index contributed by atoms with van der Waals surface area (Å²) in [4.78, 5) is 32.0. The minimum absolute atomic E-state index is 0.0119. The van der Waals surface area contributed by atoms with E-state index in [4.69, 9.17) is 0 Å². The van der Waals surface area contributed by atoms with Crippen molar-refractivity contribution in [2.24, 2.45) is 70.6 Å². The van der Waals surface area contributed by atoms with E-state index in [2.05, 4.69) is 81.5 Å². The molecule has 0 radical (unpaired) electrons. The van der Waals surface area contributed by atoms with Crippen molar-refractivity contribution in [1.29, 1.82) is 0 Å². The predicted octanol–water partition coefficient (Wildman–Crippen LogP) is -0.647. The molecule has 24 heavy (non-hydrogen) atoms. The van der Waals surface area contributed by atoms with Crippen molar-refractivity contribution in [3.05, 3.63) is 0 Å². The Morgan fingerprint density at radius 3 is 1.12 bits per heavy atom. The highest BCUT2D eigenvalue weighted by Crippen LogP contribution is 2.09. The summed E-state index contributed by atoms with van der Waals surface area (Å²) in [5, 5.41) is 22.5. The summed E-state index contributed by atoms with van der Waals surface area (Å²) in [7, 11) is 0. The lowest BCUT2D eigenvalue weighted by atomic mass is 10.8. The van der Waals surface area contributed by atoms with Crippen molar-refractivity contribution in [1.82, 2.24) is 10.9 Å². The van der Waals surface area contributed by atoms with Crippen molar-refractivity contribution >= 4 is 47.7 Å². The van der Waals surface area contributed by atoms with Gasteiger partial charge in [0, 0.05) is 0 Å². The molecule has 5 aliphatic rings. The maximum Gasteiger partial charge on any atom is 0.275 e. The molecule has 0 saturated heterocycles. The molecule has 0 atom stereocenters. The van der Waals surface area contributed by atoms with E-state index in [1.165, 1.54) is 0 Å². The van der Waals surface area contributed by atoms with Crippen LogP contribution in [-0.2, 0) is 0 Å². The molecule has 16 heteroatoms. The highest BCUT2D eigenvalue weighted by molar-refractivity contribution is 6.15. The summed E-state index contributed by atoms with van der Waals surface area (Å²) in [6.45, 7) is 0. The maximum absolute atomic E-state index is 4.06. The molecule has 0 unspecified atom stereocenters. The van der Waals surface area contributed by atoms with E-state index in [1.807, 2.05) is 0 Å². The van der Waals surface area contributed by atoms with Crippen LogP contribution in [0.2, 0.25) is 0 Å². The van der Waals surface area contributed by atoms with Gasteiger partial charge in [0.05, 0.1) is 0 Å². The first kappa shape index (κ1) is 12.3. The molecule has 114 valence electrons. The van der Waals surface area contributed by atoms with Crippen LogP contribution in [-0.4, -0.2) is 47.7 Å². The van der Waals surface area contributed by atoms with Crippen molar-refractivity contribution in [2.45, 2.75) is 0 Å². The van der Waals surface area contributed by atoms with Gasteiger partial charge in [-0.05, 0) is 0 Å². The van der Waals surface area contributed by atoms with E-state index >= 15 is 0 Å². The van der Waals surface area contributed by atoms with Crippen LogP contribution in [0.5, 0.6) is 0 Å². The molecule has 8 bridgehead atoms. The molecule has 0 spiro atoms. The van der Waals surface area contributed by atoms with Crippen LogP contribution in [0.4, 0.5) is 0 Å². The van der Waals surface area contributed by atoms with E-state index < -0.39 is 0 Å². The summed E-state index contributed by atoms with van der Waals surface area (Å²) in [6, 6.07) is 0. The minimum Gasteiger partial charge on any atom is -0.265 e. The fraction of sp³-hybridized carbons (Fsp3) is 0. The highest BCUT2D eigenvalue weighted by Gasteiger charge is 2.19. The van der Waals surface area contributed by atoms with Gasteiger partial charge in [-0.15, -0.1) is 30.7 Å². The van der Waals surface area contributed by atoms with Crippen LogP contribution in [0.25, 0.3) is 0 Å². The summed E-state index contributed by atoms with van der Waals surface area (Å²) < 4.78 is 0. The van der Waals surface area contributed by atoms with Gasteiger partial charge in [0.1, 0.15) is 0 Å². The topological polar surface area (TPSA) is 197 Å². The number of guanidine groups is 8. The normalized spacial score (nSPS) is 22.7. The van der Waals surface area contributed by atoms with Gasteiger partial charge in [0.25, 0.3) is 35.8 Å². The van der Waals surface area contributed by atoms with Crippen LogP contribution < -0.4 is 10.9 Å². The Labute approximate surface area is 130 Å². The molecule has 0 aromatic heterocycles. The van der Waals surface area contributed by atoms with E-state index in [0.717, 1.165) is 0 Å². The summed E-state index contributed by atoms with van der Waals surface area (Å²) in [5.74, 6) is 0.523. The first-order valence-electron chi connectivity index (χ1n) is 6.27. The van der Waals surface area contributed by atoms with Crippen molar-refractivity contribution in [3.8, 4) is 0 Å². The monoisotopic (exact) mass is 322 g/mol.